The van der Waals surface area contributed by atoms with Crippen LogP contribution in [0.4, 0.5) is 0 Å². The summed E-state index contributed by atoms with van der Waals surface area (Å²) in [6.07, 6.45) is 5.51. The normalized spacial score (nSPS) is 23.5. The Morgan fingerprint density at radius 2 is 1.89 bits per heavy atom. The molecular weight excluding hydrogens is 232 g/mol. The summed E-state index contributed by atoms with van der Waals surface area (Å²) >= 11 is 0. The van der Waals surface area contributed by atoms with E-state index in [0.717, 1.165) is 6.04 Å². The van der Waals surface area contributed by atoms with E-state index in [2.05, 4.69) is 48.3 Å². The Kier molecular flexibility index (Phi) is 3.90. The second-order valence-electron chi connectivity index (χ2n) is 6.34. The van der Waals surface area contributed by atoms with Crippen LogP contribution in [0, 0.1) is 6.92 Å². The summed E-state index contributed by atoms with van der Waals surface area (Å²) in [5.41, 5.74) is 2.78. The fraction of sp³-hybridized carbons (Fsp3) is 0.647. The fourth-order valence-corrected chi connectivity index (χ4v) is 3.26. The van der Waals surface area contributed by atoms with Crippen LogP contribution >= 0.6 is 0 Å². The van der Waals surface area contributed by atoms with Gasteiger partial charge in [0.15, 0.2) is 0 Å². The lowest BCUT2D eigenvalue weighted by Gasteiger charge is -2.34. The average Bonchev–Trinajstić information content (AvgIpc) is 3.24. The van der Waals surface area contributed by atoms with E-state index in [4.69, 9.17) is 0 Å². The van der Waals surface area contributed by atoms with Gasteiger partial charge in [-0.05, 0) is 58.2 Å². The minimum Gasteiger partial charge on any atom is -0.307 e. The lowest BCUT2D eigenvalue weighted by Crippen LogP contribution is -2.44. The lowest BCUT2D eigenvalue weighted by molar-refractivity contribution is 0.184. The first-order valence-corrected chi connectivity index (χ1v) is 7.79. The number of nitrogens with zero attached hydrogens (tertiary/aromatic N) is 1. The second-order valence-corrected chi connectivity index (χ2v) is 6.34. The van der Waals surface area contributed by atoms with E-state index in [-0.39, 0.29) is 0 Å². The van der Waals surface area contributed by atoms with Crippen molar-refractivity contribution in [2.24, 2.45) is 0 Å². The molecule has 0 radical (unpaired) electrons. The van der Waals surface area contributed by atoms with Crippen molar-refractivity contribution in [1.82, 2.24) is 10.2 Å². The maximum Gasteiger partial charge on any atom is 0.0294 e. The number of rotatable bonds is 4. The van der Waals surface area contributed by atoms with E-state index >= 15 is 0 Å². The van der Waals surface area contributed by atoms with E-state index in [1.807, 2.05) is 0 Å². The van der Waals surface area contributed by atoms with Crippen molar-refractivity contribution in [3.63, 3.8) is 0 Å². The zero-order valence-corrected chi connectivity index (χ0v) is 12.2. The van der Waals surface area contributed by atoms with Gasteiger partial charge in [-0.3, -0.25) is 0 Å². The van der Waals surface area contributed by atoms with Gasteiger partial charge in [0.2, 0.25) is 0 Å². The van der Waals surface area contributed by atoms with Gasteiger partial charge >= 0.3 is 0 Å². The molecule has 2 aliphatic rings. The van der Waals surface area contributed by atoms with Crippen LogP contribution < -0.4 is 5.32 Å². The largest absolute Gasteiger partial charge is 0.307 e. The number of hydrogen-bond donors (Lipinski definition) is 1. The van der Waals surface area contributed by atoms with Gasteiger partial charge in [0.05, 0.1) is 0 Å². The fourth-order valence-electron chi connectivity index (χ4n) is 3.26. The SMILES string of the molecule is Cc1cccc(C(C)NC2CCN(C3CC3)CC2)c1. The van der Waals surface area contributed by atoms with Crippen molar-refractivity contribution in [2.45, 2.75) is 57.7 Å². The topological polar surface area (TPSA) is 15.3 Å². The molecule has 2 heteroatoms. The minimum absolute atomic E-state index is 0.470. The molecule has 104 valence electrons. The van der Waals surface area contributed by atoms with Crippen molar-refractivity contribution in [3.05, 3.63) is 35.4 Å². The van der Waals surface area contributed by atoms with Crippen molar-refractivity contribution in [1.29, 1.82) is 0 Å². The first kappa shape index (κ1) is 13.1. The molecule has 1 saturated heterocycles. The minimum atomic E-state index is 0.470. The molecule has 3 rings (SSSR count). The molecule has 1 aliphatic heterocycles. The number of likely N-dealkylation sites (tertiary alicyclic amines) is 1. The Hall–Kier alpha value is -0.860. The summed E-state index contributed by atoms with van der Waals surface area (Å²) in [4.78, 5) is 2.69. The molecule has 2 fully saturated rings. The zero-order chi connectivity index (χ0) is 13.2. The number of hydrogen-bond acceptors (Lipinski definition) is 2. The Labute approximate surface area is 117 Å². The van der Waals surface area contributed by atoms with Crippen molar-refractivity contribution in [3.8, 4) is 0 Å². The van der Waals surface area contributed by atoms with Gasteiger partial charge in [0.1, 0.15) is 0 Å². The quantitative estimate of drug-likeness (QED) is 0.891. The summed E-state index contributed by atoms with van der Waals surface area (Å²) < 4.78 is 0. The number of piperidine rings is 1. The van der Waals surface area contributed by atoms with Gasteiger partial charge in [-0.2, -0.15) is 0 Å². The van der Waals surface area contributed by atoms with Crippen LogP contribution in [0.25, 0.3) is 0 Å². The highest BCUT2D eigenvalue weighted by atomic mass is 15.2. The summed E-state index contributed by atoms with van der Waals surface area (Å²) in [6, 6.07) is 11.0. The molecule has 1 N–H and O–H groups in total. The lowest BCUT2D eigenvalue weighted by atomic mass is 10.0. The van der Waals surface area contributed by atoms with E-state index in [1.165, 1.54) is 49.9 Å². The molecule has 1 aliphatic carbocycles. The van der Waals surface area contributed by atoms with Gasteiger partial charge < -0.3 is 10.2 Å². The Bertz CT molecular complexity index is 417. The number of benzene rings is 1. The third kappa shape index (κ3) is 3.37. The van der Waals surface area contributed by atoms with Crippen molar-refractivity contribution in [2.75, 3.05) is 13.1 Å². The monoisotopic (exact) mass is 258 g/mol. The first-order valence-electron chi connectivity index (χ1n) is 7.79. The molecule has 0 bridgehead atoms. The van der Waals surface area contributed by atoms with Crippen LogP contribution in [0.15, 0.2) is 24.3 Å². The summed E-state index contributed by atoms with van der Waals surface area (Å²) in [7, 11) is 0. The van der Waals surface area contributed by atoms with Gasteiger partial charge in [-0.1, -0.05) is 29.8 Å². The Morgan fingerprint density at radius 1 is 1.16 bits per heavy atom. The second kappa shape index (κ2) is 5.64. The van der Waals surface area contributed by atoms with Gasteiger partial charge in [-0.15, -0.1) is 0 Å². The third-order valence-electron chi connectivity index (χ3n) is 4.62. The van der Waals surface area contributed by atoms with E-state index < -0.39 is 0 Å². The third-order valence-corrected chi connectivity index (χ3v) is 4.62. The predicted molar refractivity (Wildman–Crippen MR) is 80.3 cm³/mol. The standard InChI is InChI=1S/C17H26N2/c1-13-4-3-5-15(12-13)14(2)18-16-8-10-19(11-9-16)17-6-7-17/h3-5,12,14,16-18H,6-11H2,1-2H3. The van der Waals surface area contributed by atoms with E-state index in [9.17, 15) is 0 Å². The highest BCUT2D eigenvalue weighted by molar-refractivity contribution is 5.24. The van der Waals surface area contributed by atoms with E-state index in [0.29, 0.717) is 12.1 Å². The van der Waals surface area contributed by atoms with Crippen molar-refractivity contribution < 1.29 is 0 Å². The molecule has 2 nitrogen and oxygen atoms in total. The molecule has 1 heterocycles. The van der Waals surface area contributed by atoms with E-state index in [1.54, 1.807) is 0 Å². The Morgan fingerprint density at radius 3 is 2.53 bits per heavy atom. The smallest absolute Gasteiger partial charge is 0.0294 e. The summed E-state index contributed by atoms with van der Waals surface area (Å²) in [5.74, 6) is 0. The molecule has 1 atom stereocenters. The molecule has 1 aromatic carbocycles. The zero-order valence-electron chi connectivity index (χ0n) is 12.2. The number of aryl methyl sites for hydroxylation is 1. The average molecular weight is 258 g/mol. The highest BCUT2D eigenvalue weighted by Crippen LogP contribution is 2.29. The molecule has 1 aromatic rings. The maximum atomic E-state index is 3.82. The molecule has 1 saturated carbocycles. The first-order chi connectivity index (χ1) is 9.22. The Balaban J connectivity index is 1.51. The van der Waals surface area contributed by atoms with Crippen LogP contribution in [0.5, 0.6) is 0 Å². The molecular formula is C17H26N2. The van der Waals surface area contributed by atoms with Crippen molar-refractivity contribution >= 4 is 0 Å². The number of nitrogens with one attached hydrogen (secondary N) is 1. The molecule has 19 heavy (non-hydrogen) atoms. The molecule has 0 aromatic heterocycles. The van der Waals surface area contributed by atoms with Gasteiger partial charge in [-0.25, -0.2) is 0 Å². The predicted octanol–water partition coefficient (Wildman–Crippen LogP) is 3.27. The van der Waals surface area contributed by atoms with Crippen LogP contribution in [0.3, 0.4) is 0 Å². The molecule has 0 spiro atoms. The maximum absolute atomic E-state index is 3.82. The van der Waals surface area contributed by atoms with Crippen LogP contribution in [0.2, 0.25) is 0 Å². The van der Waals surface area contributed by atoms with Gasteiger partial charge in [0.25, 0.3) is 0 Å². The highest BCUT2D eigenvalue weighted by Gasteiger charge is 2.31. The summed E-state index contributed by atoms with van der Waals surface area (Å²) in [5, 5.41) is 3.82. The van der Waals surface area contributed by atoms with Gasteiger partial charge in [0, 0.05) is 18.1 Å². The van der Waals surface area contributed by atoms with Crippen LogP contribution in [-0.2, 0) is 0 Å². The van der Waals surface area contributed by atoms with Crippen LogP contribution in [-0.4, -0.2) is 30.1 Å². The molecule has 0 amide bonds. The molecule has 1 unspecified atom stereocenters. The summed E-state index contributed by atoms with van der Waals surface area (Å²) in [6.45, 7) is 7.05. The van der Waals surface area contributed by atoms with Crippen LogP contribution in [0.1, 0.15) is 49.8 Å².